The number of rotatable bonds is 2. The fourth-order valence-electron chi connectivity index (χ4n) is 1.22. The van der Waals surface area contributed by atoms with E-state index in [0.29, 0.717) is 16.8 Å². The number of allylic oxidation sites excluding steroid dienone is 1. The van der Waals surface area contributed by atoms with E-state index in [4.69, 9.17) is 9.47 Å². The van der Waals surface area contributed by atoms with Crippen molar-refractivity contribution in [1.82, 2.24) is 0 Å². The van der Waals surface area contributed by atoms with Gasteiger partial charge in [-0.2, -0.15) is 0 Å². The van der Waals surface area contributed by atoms with Crippen LogP contribution < -0.4 is 0 Å². The summed E-state index contributed by atoms with van der Waals surface area (Å²) in [6.07, 6.45) is 1.00. The molecule has 2 atom stereocenters. The Balaban J connectivity index is 2.77. The Morgan fingerprint density at radius 3 is 2.79 bits per heavy atom. The second-order valence-electron chi connectivity index (χ2n) is 3.03. The number of hydrogen-bond donors (Lipinski definition) is 0. The summed E-state index contributed by atoms with van der Waals surface area (Å²) < 4.78 is 10.7. The average Bonchev–Trinajstić information content (AvgIpc) is 2.44. The first-order valence-corrected chi connectivity index (χ1v) is 6.14. The largest absolute Gasteiger partial charge is 0.492 e. The Hall–Kier alpha value is -0.0300. The van der Waals surface area contributed by atoms with Gasteiger partial charge in [0.05, 0.1) is 17.5 Å². The van der Waals surface area contributed by atoms with Gasteiger partial charge in [0.1, 0.15) is 10.2 Å². The van der Waals surface area contributed by atoms with Gasteiger partial charge in [0.25, 0.3) is 0 Å². The molecule has 0 spiro atoms. The third-order valence-corrected chi connectivity index (χ3v) is 3.33. The molecule has 0 saturated carbocycles. The molecule has 5 heteroatoms. The smallest absolute Gasteiger partial charge is 0.348 e. The van der Waals surface area contributed by atoms with Crippen LogP contribution in [-0.2, 0) is 14.3 Å². The predicted molar refractivity (Wildman–Crippen MR) is 60.5 cm³/mol. The van der Waals surface area contributed by atoms with Gasteiger partial charge in [-0.15, -0.1) is 0 Å². The number of ether oxygens (including phenoxy) is 2. The first-order chi connectivity index (χ1) is 6.56. The third kappa shape index (κ3) is 2.73. The predicted octanol–water partition coefficient (Wildman–Crippen LogP) is 2.73. The zero-order chi connectivity index (χ0) is 10.7. The highest BCUT2D eigenvalue weighted by atomic mass is 79.9. The van der Waals surface area contributed by atoms with Gasteiger partial charge in [-0.05, 0) is 29.8 Å². The van der Waals surface area contributed by atoms with Crippen molar-refractivity contribution < 1.29 is 14.3 Å². The number of esters is 1. The van der Waals surface area contributed by atoms with Crippen molar-refractivity contribution in [1.29, 1.82) is 0 Å². The summed E-state index contributed by atoms with van der Waals surface area (Å²) in [6, 6.07) is 0. The van der Waals surface area contributed by atoms with Gasteiger partial charge in [0.15, 0.2) is 0 Å². The lowest BCUT2D eigenvalue weighted by Gasteiger charge is -2.07. The summed E-state index contributed by atoms with van der Waals surface area (Å²) in [6.45, 7) is 4.10. The molecule has 1 aliphatic rings. The molecule has 0 aromatic rings. The van der Waals surface area contributed by atoms with Crippen molar-refractivity contribution in [3.8, 4) is 0 Å². The van der Waals surface area contributed by atoms with Crippen LogP contribution in [0, 0.1) is 0 Å². The second-order valence-corrected chi connectivity index (χ2v) is 4.93. The van der Waals surface area contributed by atoms with Gasteiger partial charge in [-0.3, -0.25) is 0 Å². The van der Waals surface area contributed by atoms with Gasteiger partial charge in [0, 0.05) is 6.42 Å². The minimum Gasteiger partial charge on any atom is -0.492 e. The molecule has 0 aromatic heterocycles. The molecule has 1 aliphatic heterocycles. The Morgan fingerprint density at radius 2 is 2.36 bits per heavy atom. The van der Waals surface area contributed by atoms with E-state index in [9.17, 15) is 4.79 Å². The fourth-order valence-corrected chi connectivity index (χ4v) is 2.88. The van der Waals surface area contributed by atoms with Crippen molar-refractivity contribution in [2.45, 2.75) is 31.2 Å². The van der Waals surface area contributed by atoms with Gasteiger partial charge in [-0.25, -0.2) is 4.79 Å². The maximum Gasteiger partial charge on any atom is 0.348 e. The van der Waals surface area contributed by atoms with E-state index in [1.54, 1.807) is 6.92 Å². The molecule has 0 bridgehead atoms. The van der Waals surface area contributed by atoms with Crippen molar-refractivity contribution in [2.75, 3.05) is 6.61 Å². The molecule has 1 fully saturated rings. The molecule has 1 saturated heterocycles. The minimum atomic E-state index is -0.374. The van der Waals surface area contributed by atoms with Crippen LogP contribution in [0.3, 0.4) is 0 Å². The van der Waals surface area contributed by atoms with Crippen LogP contribution in [0.2, 0.25) is 0 Å². The van der Waals surface area contributed by atoms with E-state index in [1.807, 2.05) is 6.92 Å². The first-order valence-electron chi connectivity index (χ1n) is 4.43. The van der Waals surface area contributed by atoms with Crippen LogP contribution in [0.5, 0.6) is 0 Å². The van der Waals surface area contributed by atoms with E-state index in [-0.39, 0.29) is 16.9 Å². The summed E-state index contributed by atoms with van der Waals surface area (Å²) in [5, 5.41) is 0. The Labute approximate surface area is 100 Å². The maximum absolute atomic E-state index is 11.4. The molecule has 80 valence electrons. The van der Waals surface area contributed by atoms with E-state index < -0.39 is 0 Å². The topological polar surface area (TPSA) is 35.5 Å². The molecule has 0 unspecified atom stereocenters. The zero-order valence-electron chi connectivity index (χ0n) is 8.05. The summed E-state index contributed by atoms with van der Waals surface area (Å²) in [5.41, 5.74) is 0. The monoisotopic (exact) mass is 326 g/mol. The molecular formula is C9H12Br2O3. The van der Waals surface area contributed by atoms with E-state index >= 15 is 0 Å². The van der Waals surface area contributed by atoms with Gasteiger partial charge >= 0.3 is 5.97 Å². The summed E-state index contributed by atoms with van der Waals surface area (Å²) in [5.74, 6) is 0.261. The molecule has 1 rings (SSSR count). The van der Waals surface area contributed by atoms with Crippen molar-refractivity contribution in [3.05, 3.63) is 10.2 Å². The second kappa shape index (κ2) is 5.16. The Bertz CT molecular complexity index is 263. The van der Waals surface area contributed by atoms with Crippen molar-refractivity contribution in [2.24, 2.45) is 0 Å². The van der Waals surface area contributed by atoms with Crippen molar-refractivity contribution >= 4 is 37.8 Å². The zero-order valence-corrected chi connectivity index (χ0v) is 11.2. The number of alkyl halides is 1. The number of hydrogen-bond acceptors (Lipinski definition) is 3. The summed E-state index contributed by atoms with van der Waals surface area (Å²) in [4.78, 5) is 11.4. The average molecular weight is 328 g/mol. The molecule has 0 aromatic carbocycles. The molecule has 0 N–H and O–H groups in total. The maximum atomic E-state index is 11.4. The van der Waals surface area contributed by atoms with Gasteiger partial charge in [0.2, 0.25) is 0 Å². The van der Waals surface area contributed by atoms with Crippen LogP contribution in [0.4, 0.5) is 0 Å². The highest BCUT2D eigenvalue weighted by Crippen LogP contribution is 2.34. The Kier molecular flexibility index (Phi) is 4.44. The number of carbonyl (C=O) groups excluding carboxylic acids is 1. The van der Waals surface area contributed by atoms with Crippen LogP contribution in [-0.4, -0.2) is 23.5 Å². The van der Waals surface area contributed by atoms with Crippen LogP contribution >= 0.6 is 31.9 Å². The Morgan fingerprint density at radius 1 is 1.71 bits per heavy atom. The normalized spacial score (nSPS) is 29.7. The minimum absolute atomic E-state index is 0.0938. The molecule has 0 amide bonds. The lowest BCUT2D eigenvalue weighted by molar-refractivity contribution is -0.137. The fraction of sp³-hybridized carbons (Fsp3) is 0.667. The third-order valence-electron chi connectivity index (χ3n) is 1.82. The molecule has 3 nitrogen and oxygen atoms in total. The lowest BCUT2D eigenvalue weighted by atomic mass is 10.2. The van der Waals surface area contributed by atoms with E-state index in [2.05, 4.69) is 31.9 Å². The van der Waals surface area contributed by atoms with Gasteiger partial charge < -0.3 is 9.47 Å². The quantitative estimate of drug-likeness (QED) is 0.444. The molecule has 0 radical (unpaired) electrons. The molecule has 14 heavy (non-hydrogen) atoms. The van der Waals surface area contributed by atoms with Crippen molar-refractivity contribution in [3.63, 3.8) is 0 Å². The molecule has 0 aliphatic carbocycles. The number of halogens is 2. The number of carbonyl (C=O) groups is 1. The van der Waals surface area contributed by atoms with Crippen LogP contribution in [0.15, 0.2) is 10.2 Å². The van der Waals surface area contributed by atoms with E-state index in [0.717, 1.165) is 6.42 Å². The molecule has 1 heterocycles. The first kappa shape index (κ1) is 12.0. The van der Waals surface area contributed by atoms with Gasteiger partial charge in [-0.1, -0.05) is 15.9 Å². The highest BCUT2D eigenvalue weighted by Gasteiger charge is 2.30. The standard InChI is InChI=1S/C9H12Br2O3/c1-3-13-9(12)7(11)8-6(10)4-5(2)14-8/h5-6H,3-4H2,1-2H3/t5-,6-/m1/s1. The summed E-state index contributed by atoms with van der Waals surface area (Å²) >= 11 is 6.63. The lowest BCUT2D eigenvalue weighted by Crippen LogP contribution is -2.08. The van der Waals surface area contributed by atoms with Crippen LogP contribution in [0.1, 0.15) is 20.3 Å². The SMILES string of the molecule is CCOC(=O)C(Br)=C1O[C@H](C)C[C@H]1Br. The highest BCUT2D eigenvalue weighted by molar-refractivity contribution is 9.12. The molecular weight excluding hydrogens is 316 g/mol. The van der Waals surface area contributed by atoms with E-state index in [1.165, 1.54) is 0 Å². The summed E-state index contributed by atoms with van der Waals surface area (Å²) in [7, 11) is 0. The van der Waals surface area contributed by atoms with Crippen LogP contribution in [0.25, 0.3) is 0 Å².